The Morgan fingerprint density at radius 2 is 1.86 bits per heavy atom. The zero-order valence-electron chi connectivity index (χ0n) is 9.07. The number of rotatable bonds is 4. The van der Waals surface area contributed by atoms with E-state index >= 15 is 0 Å². The highest BCUT2D eigenvalue weighted by Gasteiger charge is 2.18. The minimum absolute atomic E-state index is 0.0156. The predicted molar refractivity (Wildman–Crippen MR) is 53.6 cm³/mol. The highest BCUT2D eigenvalue weighted by Crippen LogP contribution is 2.04. The molecule has 0 aliphatic rings. The normalized spacial score (nSPS) is 9.86. The van der Waals surface area contributed by atoms with E-state index in [4.69, 9.17) is 0 Å². The summed E-state index contributed by atoms with van der Waals surface area (Å²) >= 11 is 0. The van der Waals surface area contributed by atoms with Crippen LogP contribution < -0.4 is 5.32 Å². The molecule has 0 aliphatic carbocycles. The number of hydrogen-bond acceptors (Lipinski definition) is 3. The molecule has 0 aromatic rings. The Morgan fingerprint density at radius 1 is 1.36 bits per heavy atom. The highest BCUT2D eigenvalue weighted by atomic mass is 16.2. The van der Waals surface area contributed by atoms with E-state index in [9.17, 15) is 9.59 Å². The molecular formula is C9H17N3O2. The van der Waals surface area contributed by atoms with Crippen molar-refractivity contribution < 1.29 is 9.59 Å². The first-order chi connectivity index (χ1) is 6.50. The van der Waals surface area contributed by atoms with Crippen molar-refractivity contribution in [2.75, 3.05) is 6.67 Å². The lowest BCUT2D eigenvalue weighted by Crippen LogP contribution is -2.47. The second-order valence-electron chi connectivity index (χ2n) is 3.48. The molecule has 14 heavy (non-hydrogen) atoms. The van der Waals surface area contributed by atoms with Gasteiger partial charge in [0.05, 0.1) is 0 Å². The molecule has 2 amide bonds. The zero-order chi connectivity index (χ0) is 11.1. The van der Waals surface area contributed by atoms with Crippen LogP contribution in [-0.4, -0.2) is 35.8 Å². The van der Waals surface area contributed by atoms with Crippen molar-refractivity contribution in [2.24, 2.45) is 4.99 Å². The molecule has 0 unspecified atom stereocenters. The van der Waals surface area contributed by atoms with Gasteiger partial charge in [0.1, 0.15) is 6.67 Å². The van der Waals surface area contributed by atoms with Crippen molar-refractivity contribution in [1.82, 2.24) is 10.2 Å². The number of carbonyl (C=O) groups excluding carboxylic acids is 2. The lowest BCUT2D eigenvalue weighted by Gasteiger charge is -2.30. The lowest BCUT2D eigenvalue weighted by atomic mass is 10.2. The summed E-state index contributed by atoms with van der Waals surface area (Å²) in [4.78, 5) is 26.2. The molecule has 0 aromatic heterocycles. The monoisotopic (exact) mass is 199 g/mol. The van der Waals surface area contributed by atoms with Gasteiger partial charge < -0.3 is 10.2 Å². The average Bonchev–Trinajstić information content (AvgIpc) is 2.03. The minimum atomic E-state index is -0.214. The fourth-order valence-electron chi connectivity index (χ4n) is 1.30. The Bertz CT molecular complexity index is 224. The number of carbonyl (C=O) groups is 1. The second kappa shape index (κ2) is 6.16. The van der Waals surface area contributed by atoms with Crippen molar-refractivity contribution in [3.8, 4) is 0 Å². The Kier molecular flexibility index (Phi) is 5.56. The molecule has 0 aliphatic heterocycles. The highest BCUT2D eigenvalue weighted by molar-refractivity contribution is 5.74. The maximum Gasteiger partial charge on any atom is 0.319 e. The summed E-state index contributed by atoms with van der Waals surface area (Å²) in [5, 5.41) is 2.50. The molecule has 0 saturated carbocycles. The number of amides is 2. The van der Waals surface area contributed by atoms with Crippen LogP contribution in [0.4, 0.5) is 4.79 Å². The van der Waals surface area contributed by atoms with Crippen LogP contribution in [0.3, 0.4) is 0 Å². The molecule has 80 valence electrons. The summed E-state index contributed by atoms with van der Waals surface area (Å²) < 4.78 is 0. The van der Waals surface area contributed by atoms with Crippen LogP contribution in [0.2, 0.25) is 0 Å². The summed E-state index contributed by atoms with van der Waals surface area (Å²) in [6, 6.07) is 0.0272. The van der Waals surface area contributed by atoms with Gasteiger partial charge in [-0.15, -0.1) is 0 Å². The molecule has 0 bridgehead atoms. The molecule has 5 heteroatoms. The van der Waals surface area contributed by atoms with Gasteiger partial charge in [-0.3, -0.25) is 0 Å². The molecular weight excluding hydrogens is 182 g/mol. The van der Waals surface area contributed by atoms with Gasteiger partial charge in [-0.05, 0) is 27.7 Å². The van der Waals surface area contributed by atoms with Crippen LogP contribution in [0.15, 0.2) is 4.99 Å². The third-order valence-corrected chi connectivity index (χ3v) is 1.72. The molecule has 0 spiro atoms. The quantitative estimate of drug-likeness (QED) is 0.544. The van der Waals surface area contributed by atoms with Gasteiger partial charge in [-0.25, -0.2) is 9.59 Å². The van der Waals surface area contributed by atoms with E-state index in [1.807, 2.05) is 27.7 Å². The van der Waals surface area contributed by atoms with E-state index in [2.05, 4.69) is 10.3 Å². The van der Waals surface area contributed by atoms with Crippen LogP contribution in [0.1, 0.15) is 27.7 Å². The molecule has 0 rings (SSSR count). The molecule has 1 N–H and O–H groups in total. The van der Waals surface area contributed by atoms with Crippen molar-refractivity contribution in [1.29, 1.82) is 0 Å². The number of isocyanates is 1. The van der Waals surface area contributed by atoms with Crippen LogP contribution in [-0.2, 0) is 4.79 Å². The SMILES string of the molecule is CC(C)N(C(=O)NCN=C=O)C(C)C. The number of aliphatic imine (C=N–C) groups is 1. The summed E-state index contributed by atoms with van der Waals surface area (Å²) in [7, 11) is 0. The Morgan fingerprint density at radius 3 is 2.21 bits per heavy atom. The van der Waals surface area contributed by atoms with E-state index in [1.165, 1.54) is 6.08 Å². The van der Waals surface area contributed by atoms with E-state index in [-0.39, 0.29) is 24.8 Å². The number of urea groups is 1. The van der Waals surface area contributed by atoms with Crippen LogP contribution in [0.25, 0.3) is 0 Å². The van der Waals surface area contributed by atoms with Crippen molar-refractivity contribution in [2.45, 2.75) is 39.8 Å². The summed E-state index contributed by atoms with van der Waals surface area (Å²) in [5.41, 5.74) is 0. The van der Waals surface area contributed by atoms with E-state index in [0.717, 1.165) is 0 Å². The van der Waals surface area contributed by atoms with Gasteiger partial charge in [0.2, 0.25) is 6.08 Å². The number of hydrogen-bond donors (Lipinski definition) is 1. The average molecular weight is 199 g/mol. The largest absolute Gasteiger partial charge is 0.320 e. The molecule has 0 heterocycles. The van der Waals surface area contributed by atoms with Crippen LogP contribution in [0, 0.1) is 0 Å². The smallest absolute Gasteiger partial charge is 0.319 e. The molecule has 0 aromatic carbocycles. The number of nitrogens with one attached hydrogen (secondary N) is 1. The van der Waals surface area contributed by atoms with Crippen LogP contribution >= 0.6 is 0 Å². The van der Waals surface area contributed by atoms with Gasteiger partial charge in [-0.1, -0.05) is 0 Å². The van der Waals surface area contributed by atoms with Crippen LogP contribution in [0.5, 0.6) is 0 Å². The first kappa shape index (κ1) is 12.7. The molecule has 5 nitrogen and oxygen atoms in total. The van der Waals surface area contributed by atoms with E-state index in [0.29, 0.717) is 0 Å². The molecule has 0 radical (unpaired) electrons. The standard InChI is InChI=1S/C9H17N3O2/c1-7(2)12(8(3)4)9(14)11-5-10-6-13/h7-8H,5H2,1-4H3,(H,11,14). The molecule has 0 saturated heterocycles. The van der Waals surface area contributed by atoms with Gasteiger partial charge in [0.25, 0.3) is 0 Å². The summed E-state index contributed by atoms with van der Waals surface area (Å²) in [6.07, 6.45) is 1.36. The molecule has 0 fully saturated rings. The van der Waals surface area contributed by atoms with Gasteiger partial charge >= 0.3 is 6.03 Å². The first-order valence-corrected chi connectivity index (χ1v) is 4.60. The fourth-order valence-corrected chi connectivity index (χ4v) is 1.30. The third kappa shape index (κ3) is 4.05. The number of nitrogens with zero attached hydrogens (tertiary/aromatic N) is 2. The predicted octanol–water partition coefficient (Wildman–Crippen LogP) is 1.11. The third-order valence-electron chi connectivity index (χ3n) is 1.72. The Hall–Kier alpha value is -1.35. The fraction of sp³-hybridized carbons (Fsp3) is 0.778. The molecule has 0 atom stereocenters. The second-order valence-corrected chi connectivity index (χ2v) is 3.48. The zero-order valence-corrected chi connectivity index (χ0v) is 9.07. The Balaban J connectivity index is 4.23. The van der Waals surface area contributed by atoms with Crippen molar-refractivity contribution in [3.63, 3.8) is 0 Å². The topological polar surface area (TPSA) is 61.8 Å². The maximum absolute atomic E-state index is 11.5. The maximum atomic E-state index is 11.5. The van der Waals surface area contributed by atoms with E-state index in [1.54, 1.807) is 4.90 Å². The van der Waals surface area contributed by atoms with Crippen molar-refractivity contribution >= 4 is 12.1 Å². The van der Waals surface area contributed by atoms with Gasteiger partial charge in [-0.2, -0.15) is 4.99 Å². The van der Waals surface area contributed by atoms with Crippen molar-refractivity contribution in [3.05, 3.63) is 0 Å². The van der Waals surface area contributed by atoms with Gasteiger partial charge in [0.15, 0.2) is 0 Å². The lowest BCUT2D eigenvalue weighted by molar-refractivity contribution is 0.165. The van der Waals surface area contributed by atoms with Gasteiger partial charge in [0, 0.05) is 12.1 Å². The Labute approximate surface area is 84.2 Å². The summed E-state index contributed by atoms with van der Waals surface area (Å²) in [5.74, 6) is 0. The summed E-state index contributed by atoms with van der Waals surface area (Å²) in [6.45, 7) is 7.72. The minimum Gasteiger partial charge on any atom is -0.320 e. The van der Waals surface area contributed by atoms with E-state index < -0.39 is 0 Å². The first-order valence-electron chi connectivity index (χ1n) is 4.60.